The number of rotatable bonds is 4. The largest absolute Gasteiger partial charge is 0.462 e. The fourth-order valence-corrected chi connectivity index (χ4v) is 1.50. The number of nitrogens with one attached hydrogen (secondary N) is 1. The molecule has 0 aliphatic carbocycles. The van der Waals surface area contributed by atoms with Crippen LogP contribution in [0.5, 0.6) is 6.01 Å². The number of benzene rings is 1. The van der Waals surface area contributed by atoms with E-state index in [-0.39, 0.29) is 23.7 Å². The quantitative estimate of drug-likeness (QED) is 0.848. The van der Waals surface area contributed by atoms with Crippen LogP contribution in [0.15, 0.2) is 36.7 Å². The van der Waals surface area contributed by atoms with E-state index in [0.717, 1.165) is 0 Å². The molecule has 0 spiro atoms. The Balaban J connectivity index is 2.24. The molecule has 6 nitrogen and oxygen atoms in total. The Kier molecular flexibility index (Phi) is 3.92. The number of H-pyrrole nitrogens is 1. The van der Waals surface area contributed by atoms with Gasteiger partial charge in [-0.25, -0.2) is 14.6 Å². The molecule has 0 atom stereocenters. The standard InChI is InChI=1S/C13H12N2O4/c1-2-18-11(16)9-5-3-4-6-10(9)12(17)19-13-14-7-8-15-13/h3-8H,2H2,1H3,(H,14,15). The Labute approximate surface area is 109 Å². The summed E-state index contributed by atoms with van der Waals surface area (Å²) in [6.07, 6.45) is 2.99. The van der Waals surface area contributed by atoms with Crippen LogP contribution < -0.4 is 4.74 Å². The number of hydrogen-bond donors (Lipinski definition) is 1. The van der Waals surface area contributed by atoms with Crippen LogP contribution in [0.25, 0.3) is 0 Å². The van der Waals surface area contributed by atoms with Crippen LogP contribution in [0, 0.1) is 0 Å². The molecule has 6 heteroatoms. The van der Waals surface area contributed by atoms with Gasteiger partial charge in [0.15, 0.2) is 0 Å². The minimum absolute atomic E-state index is 0.0728. The Morgan fingerprint density at radius 1 is 1.21 bits per heavy atom. The SMILES string of the molecule is CCOC(=O)c1ccccc1C(=O)Oc1ncc[nH]1. The molecule has 0 bridgehead atoms. The number of ether oxygens (including phenoxy) is 2. The van der Waals surface area contributed by atoms with Crippen LogP contribution >= 0.6 is 0 Å². The number of hydrogen-bond acceptors (Lipinski definition) is 5. The van der Waals surface area contributed by atoms with Crippen molar-refractivity contribution in [1.82, 2.24) is 9.97 Å². The summed E-state index contributed by atoms with van der Waals surface area (Å²) in [5.74, 6) is -1.23. The number of nitrogens with zero attached hydrogens (tertiary/aromatic N) is 1. The average molecular weight is 260 g/mol. The second kappa shape index (κ2) is 5.81. The van der Waals surface area contributed by atoms with Gasteiger partial charge in [0.2, 0.25) is 0 Å². The van der Waals surface area contributed by atoms with Gasteiger partial charge < -0.3 is 14.5 Å². The molecule has 0 unspecified atom stereocenters. The van der Waals surface area contributed by atoms with Crippen molar-refractivity contribution in [2.75, 3.05) is 6.61 Å². The van der Waals surface area contributed by atoms with E-state index in [0.29, 0.717) is 0 Å². The maximum absolute atomic E-state index is 12.0. The van der Waals surface area contributed by atoms with E-state index >= 15 is 0 Å². The van der Waals surface area contributed by atoms with Gasteiger partial charge in [-0.3, -0.25) is 0 Å². The lowest BCUT2D eigenvalue weighted by Gasteiger charge is -2.07. The molecule has 1 aromatic carbocycles. The zero-order valence-corrected chi connectivity index (χ0v) is 10.3. The number of imidazole rings is 1. The lowest BCUT2D eigenvalue weighted by atomic mass is 10.1. The zero-order valence-electron chi connectivity index (χ0n) is 10.3. The summed E-state index contributed by atoms with van der Waals surface area (Å²) in [4.78, 5) is 30.1. The third kappa shape index (κ3) is 2.98. The topological polar surface area (TPSA) is 81.3 Å². The second-order valence-electron chi connectivity index (χ2n) is 3.55. The van der Waals surface area contributed by atoms with Crippen molar-refractivity contribution in [2.45, 2.75) is 6.92 Å². The summed E-state index contributed by atoms with van der Waals surface area (Å²) in [5.41, 5.74) is 0.304. The number of carbonyl (C=O) groups excluding carboxylic acids is 2. The zero-order chi connectivity index (χ0) is 13.7. The summed E-state index contributed by atoms with van der Waals surface area (Å²) >= 11 is 0. The molecular weight excluding hydrogens is 248 g/mol. The third-order valence-electron chi connectivity index (χ3n) is 2.30. The molecule has 2 aromatic rings. The van der Waals surface area contributed by atoms with Crippen molar-refractivity contribution in [3.05, 3.63) is 47.8 Å². The highest BCUT2D eigenvalue weighted by molar-refractivity contribution is 6.03. The summed E-state index contributed by atoms with van der Waals surface area (Å²) in [5, 5.41) is 0. The van der Waals surface area contributed by atoms with Crippen LogP contribution in [0.1, 0.15) is 27.6 Å². The molecule has 0 aliphatic heterocycles. The Hall–Kier alpha value is -2.63. The first-order valence-electron chi connectivity index (χ1n) is 5.70. The van der Waals surface area contributed by atoms with Crippen molar-refractivity contribution in [3.8, 4) is 6.01 Å². The van der Waals surface area contributed by atoms with Gasteiger partial charge in [0.25, 0.3) is 0 Å². The predicted molar refractivity (Wildman–Crippen MR) is 65.9 cm³/mol. The molecule has 0 saturated heterocycles. The monoisotopic (exact) mass is 260 g/mol. The highest BCUT2D eigenvalue weighted by Crippen LogP contribution is 2.13. The molecule has 1 heterocycles. The first-order chi connectivity index (χ1) is 9.22. The normalized spacial score (nSPS) is 9.95. The van der Waals surface area contributed by atoms with Crippen molar-refractivity contribution >= 4 is 11.9 Å². The lowest BCUT2D eigenvalue weighted by Crippen LogP contribution is -2.16. The van der Waals surface area contributed by atoms with Gasteiger partial charge in [-0.2, -0.15) is 0 Å². The molecule has 19 heavy (non-hydrogen) atoms. The van der Waals surface area contributed by atoms with Crippen molar-refractivity contribution in [2.24, 2.45) is 0 Å². The van der Waals surface area contributed by atoms with E-state index in [4.69, 9.17) is 9.47 Å². The third-order valence-corrected chi connectivity index (χ3v) is 2.30. The Morgan fingerprint density at radius 3 is 2.47 bits per heavy atom. The molecule has 0 radical (unpaired) electrons. The van der Waals surface area contributed by atoms with Crippen LogP contribution in [-0.4, -0.2) is 28.5 Å². The number of aromatic amines is 1. The predicted octanol–water partition coefficient (Wildman–Crippen LogP) is 1.81. The van der Waals surface area contributed by atoms with Crippen LogP contribution in [0.4, 0.5) is 0 Å². The van der Waals surface area contributed by atoms with Crippen molar-refractivity contribution in [1.29, 1.82) is 0 Å². The van der Waals surface area contributed by atoms with Gasteiger partial charge in [0.05, 0.1) is 17.7 Å². The summed E-state index contributed by atoms with van der Waals surface area (Å²) in [6, 6.07) is 6.37. The maximum Gasteiger partial charge on any atom is 0.346 e. The van der Waals surface area contributed by atoms with Gasteiger partial charge >= 0.3 is 17.9 Å². The van der Waals surface area contributed by atoms with E-state index in [1.54, 1.807) is 19.1 Å². The van der Waals surface area contributed by atoms with Gasteiger partial charge in [-0.05, 0) is 19.1 Å². The first kappa shape index (κ1) is 12.8. The molecule has 0 fully saturated rings. The van der Waals surface area contributed by atoms with E-state index < -0.39 is 11.9 Å². The molecule has 1 N–H and O–H groups in total. The van der Waals surface area contributed by atoms with Crippen molar-refractivity contribution < 1.29 is 19.1 Å². The minimum atomic E-state index is -0.668. The minimum Gasteiger partial charge on any atom is -0.462 e. The van der Waals surface area contributed by atoms with E-state index in [1.807, 2.05) is 0 Å². The Morgan fingerprint density at radius 2 is 1.89 bits per heavy atom. The van der Waals surface area contributed by atoms with E-state index in [1.165, 1.54) is 24.5 Å². The highest BCUT2D eigenvalue weighted by Gasteiger charge is 2.19. The van der Waals surface area contributed by atoms with E-state index in [9.17, 15) is 9.59 Å². The highest BCUT2D eigenvalue weighted by atomic mass is 16.6. The molecule has 0 saturated carbocycles. The lowest BCUT2D eigenvalue weighted by molar-refractivity contribution is 0.0516. The second-order valence-corrected chi connectivity index (χ2v) is 3.55. The van der Waals surface area contributed by atoms with E-state index in [2.05, 4.69) is 9.97 Å². The molecule has 1 aromatic heterocycles. The molecule has 98 valence electrons. The maximum atomic E-state index is 12.0. The smallest absolute Gasteiger partial charge is 0.346 e. The van der Waals surface area contributed by atoms with Gasteiger partial charge in [-0.15, -0.1) is 0 Å². The fraction of sp³-hybridized carbons (Fsp3) is 0.154. The number of esters is 2. The van der Waals surface area contributed by atoms with Crippen LogP contribution in [-0.2, 0) is 4.74 Å². The summed E-state index contributed by atoms with van der Waals surface area (Å²) in [7, 11) is 0. The van der Waals surface area contributed by atoms with Gasteiger partial charge in [0, 0.05) is 12.4 Å². The fourth-order valence-electron chi connectivity index (χ4n) is 1.50. The van der Waals surface area contributed by atoms with Crippen LogP contribution in [0.3, 0.4) is 0 Å². The van der Waals surface area contributed by atoms with Crippen LogP contribution in [0.2, 0.25) is 0 Å². The van der Waals surface area contributed by atoms with Crippen molar-refractivity contribution in [3.63, 3.8) is 0 Å². The summed E-state index contributed by atoms with van der Waals surface area (Å²) in [6.45, 7) is 1.93. The number of aromatic nitrogens is 2. The van der Waals surface area contributed by atoms with Gasteiger partial charge in [-0.1, -0.05) is 12.1 Å². The van der Waals surface area contributed by atoms with Gasteiger partial charge in [0.1, 0.15) is 0 Å². The molecular formula is C13H12N2O4. The first-order valence-corrected chi connectivity index (χ1v) is 5.70. The average Bonchev–Trinajstić information content (AvgIpc) is 2.92. The molecule has 2 rings (SSSR count). The number of carbonyl (C=O) groups is 2. The summed E-state index contributed by atoms with van der Waals surface area (Å²) < 4.78 is 9.88. The molecule has 0 amide bonds. The Bertz CT molecular complexity index is 578. The molecule has 0 aliphatic rings.